The second-order valence-corrected chi connectivity index (χ2v) is 10.2. The van der Waals surface area contributed by atoms with Gasteiger partial charge in [0.2, 0.25) is 5.91 Å². The number of benzene rings is 2. The number of carboxylic acid groups (broad SMARTS) is 1. The van der Waals surface area contributed by atoms with E-state index < -0.39 is 35.2 Å². The van der Waals surface area contributed by atoms with E-state index in [0.717, 1.165) is 5.56 Å². The Kier molecular flexibility index (Phi) is 5.14. The number of halogens is 2. The molecule has 2 heterocycles. The highest BCUT2D eigenvalue weighted by Gasteiger charge is 2.66. The summed E-state index contributed by atoms with van der Waals surface area (Å²) < 4.78 is 15.3. The van der Waals surface area contributed by atoms with Gasteiger partial charge in [-0.15, -0.1) is 0 Å². The number of anilines is 1. The lowest BCUT2D eigenvalue weighted by Crippen LogP contribution is -2.49. The summed E-state index contributed by atoms with van der Waals surface area (Å²) in [6.45, 7) is 8.03. The summed E-state index contributed by atoms with van der Waals surface area (Å²) in [6, 6.07) is 8.50. The van der Waals surface area contributed by atoms with Crippen LogP contribution in [-0.2, 0) is 15.0 Å². The predicted octanol–water partition coefficient (Wildman–Crippen LogP) is 4.62. The first-order valence-electron chi connectivity index (χ1n) is 10.3. The van der Waals surface area contributed by atoms with E-state index in [9.17, 15) is 14.7 Å². The number of hydrogen-bond acceptors (Lipinski definition) is 3. The third-order valence-corrected chi connectivity index (χ3v) is 6.69. The Morgan fingerprint density at radius 1 is 1.26 bits per heavy atom. The van der Waals surface area contributed by atoms with Crippen LogP contribution in [0.1, 0.15) is 49.8 Å². The van der Waals surface area contributed by atoms with Crippen LogP contribution < -0.4 is 10.6 Å². The number of hydrogen-bond donors (Lipinski definition) is 3. The summed E-state index contributed by atoms with van der Waals surface area (Å²) in [5.74, 6) is -3.11. The van der Waals surface area contributed by atoms with Crippen LogP contribution in [0.4, 0.5) is 10.1 Å². The molecule has 4 unspecified atom stereocenters. The zero-order chi connectivity index (χ0) is 22.7. The van der Waals surface area contributed by atoms with Crippen molar-refractivity contribution in [3.8, 4) is 0 Å². The maximum atomic E-state index is 15.3. The van der Waals surface area contributed by atoms with Gasteiger partial charge in [0, 0.05) is 17.6 Å². The molecule has 4 atom stereocenters. The minimum absolute atomic E-state index is 0.0985. The normalized spacial score (nSPS) is 27.4. The van der Waals surface area contributed by atoms with Crippen LogP contribution in [0.3, 0.4) is 0 Å². The second-order valence-electron chi connectivity index (χ2n) is 9.79. The van der Waals surface area contributed by atoms with Gasteiger partial charge in [-0.05, 0) is 47.6 Å². The van der Waals surface area contributed by atoms with Crippen LogP contribution in [0, 0.1) is 18.2 Å². The monoisotopic (exact) mass is 444 g/mol. The molecule has 164 valence electrons. The molecule has 0 aromatic heterocycles. The van der Waals surface area contributed by atoms with Crippen LogP contribution in [0.2, 0.25) is 5.02 Å². The summed E-state index contributed by atoms with van der Waals surface area (Å²) >= 11 is 6.07. The summed E-state index contributed by atoms with van der Waals surface area (Å²) in [6.07, 6.45) is 0.524. The number of carboxylic acids is 1. The first kappa shape index (κ1) is 21.8. The van der Waals surface area contributed by atoms with E-state index in [1.165, 1.54) is 12.1 Å². The highest BCUT2D eigenvalue weighted by atomic mass is 35.5. The molecule has 0 saturated carbocycles. The Hall–Kier alpha value is -2.44. The smallest absolute Gasteiger partial charge is 0.321 e. The van der Waals surface area contributed by atoms with Crippen molar-refractivity contribution in [1.29, 1.82) is 0 Å². The van der Waals surface area contributed by atoms with Gasteiger partial charge in [-0.3, -0.25) is 14.9 Å². The quantitative estimate of drug-likeness (QED) is 0.645. The van der Waals surface area contributed by atoms with Gasteiger partial charge in [-0.25, -0.2) is 4.39 Å². The van der Waals surface area contributed by atoms with E-state index in [-0.39, 0.29) is 21.9 Å². The zero-order valence-corrected chi connectivity index (χ0v) is 18.7. The molecule has 2 aliphatic heterocycles. The molecule has 0 aliphatic carbocycles. The number of carbonyl (C=O) groups excluding carboxylic acids is 1. The molecule has 0 bridgehead atoms. The number of nitrogens with one attached hydrogen (secondary N) is 2. The number of rotatable bonds is 3. The van der Waals surface area contributed by atoms with Crippen LogP contribution in [-0.4, -0.2) is 29.1 Å². The summed E-state index contributed by atoms with van der Waals surface area (Å²) in [5, 5.41) is 16.1. The number of fused-ring (bicyclic) bond motifs is 2. The lowest BCUT2D eigenvalue weighted by Gasteiger charge is -2.37. The Labute approximate surface area is 186 Å². The Morgan fingerprint density at radius 2 is 1.97 bits per heavy atom. The van der Waals surface area contributed by atoms with Crippen LogP contribution in [0.25, 0.3) is 0 Å². The van der Waals surface area contributed by atoms with Gasteiger partial charge in [0.15, 0.2) is 0 Å². The van der Waals surface area contributed by atoms with E-state index >= 15 is 4.39 Å². The van der Waals surface area contributed by atoms with E-state index in [0.29, 0.717) is 17.7 Å². The topological polar surface area (TPSA) is 78.4 Å². The van der Waals surface area contributed by atoms with E-state index in [1.54, 1.807) is 6.07 Å². The second kappa shape index (κ2) is 7.31. The van der Waals surface area contributed by atoms with E-state index in [4.69, 9.17) is 11.6 Å². The van der Waals surface area contributed by atoms with Crippen molar-refractivity contribution in [2.75, 3.05) is 5.32 Å². The molecule has 0 radical (unpaired) electrons. The van der Waals surface area contributed by atoms with Gasteiger partial charge in [-0.2, -0.15) is 0 Å². The maximum absolute atomic E-state index is 15.3. The fourth-order valence-corrected chi connectivity index (χ4v) is 5.46. The molecule has 7 heteroatoms. The zero-order valence-electron chi connectivity index (χ0n) is 17.9. The molecule has 31 heavy (non-hydrogen) atoms. The molecule has 1 spiro atoms. The minimum Gasteiger partial charge on any atom is -0.480 e. The van der Waals surface area contributed by atoms with Gasteiger partial charge in [-0.1, -0.05) is 56.6 Å². The fraction of sp³-hybridized carbons (Fsp3) is 0.417. The van der Waals surface area contributed by atoms with Gasteiger partial charge in [0.1, 0.15) is 17.3 Å². The van der Waals surface area contributed by atoms with Crippen LogP contribution in [0.5, 0.6) is 0 Å². The molecule has 3 N–H and O–H groups in total. The van der Waals surface area contributed by atoms with Crippen molar-refractivity contribution in [3.05, 3.63) is 63.9 Å². The molecule has 2 aromatic rings. The number of amides is 1. The number of aliphatic carboxylic acids is 1. The van der Waals surface area contributed by atoms with Crippen molar-refractivity contribution in [2.24, 2.45) is 5.41 Å². The average molecular weight is 445 g/mol. The van der Waals surface area contributed by atoms with Crippen molar-refractivity contribution in [2.45, 2.75) is 57.5 Å². The predicted molar refractivity (Wildman–Crippen MR) is 118 cm³/mol. The average Bonchev–Trinajstić information content (AvgIpc) is 3.12. The Balaban J connectivity index is 2.04. The summed E-state index contributed by atoms with van der Waals surface area (Å²) in [7, 11) is 0. The van der Waals surface area contributed by atoms with Crippen molar-refractivity contribution >= 4 is 29.2 Å². The molecule has 1 saturated heterocycles. The fourth-order valence-electron chi connectivity index (χ4n) is 5.28. The molecular formula is C24H26ClFN2O3. The van der Waals surface area contributed by atoms with Gasteiger partial charge >= 0.3 is 5.97 Å². The summed E-state index contributed by atoms with van der Waals surface area (Å²) in [5.41, 5.74) is 0.943. The molecule has 4 rings (SSSR count). The lowest BCUT2D eigenvalue weighted by molar-refractivity contribution is -0.139. The lowest BCUT2D eigenvalue weighted by atomic mass is 9.62. The Bertz CT molecular complexity index is 1080. The maximum Gasteiger partial charge on any atom is 0.321 e. The SMILES string of the molecule is Cc1ccc2c(c1)NC(=O)C21C(CC(C)(C)C)NC(C(=O)O)C1c1cccc(Cl)c1F. The third-order valence-electron chi connectivity index (χ3n) is 6.40. The molecule has 1 amide bonds. The van der Waals surface area contributed by atoms with Crippen molar-refractivity contribution < 1.29 is 19.1 Å². The highest BCUT2D eigenvalue weighted by molar-refractivity contribution is 6.30. The third kappa shape index (κ3) is 3.33. The van der Waals surface area contributed by atoms with Crippen molar-refractivity contribution in [3.63, 3.8) is 0 Å². The van der Waals surface area contributed by atoms with Crippen molar-refractivity contribution in [1.82, 2.24) is 5.32 Å². The highest BCUT2D eigenvalue weighted by Crippen LogP contribution is 2.56. The van der Waals surface area contributed by atoms with E-state index in [2.05, 4.69) is 10.6 Å². The summed E-state index contributed by atoms with van der Waals surface area (Å²) in [4.78, 5) is 26.1. The first-order chi connectivity index (χ1) is 14.5. The van der Waals surface area contributed by atoms with E-state index in [1.807, 2.05) is 45.9 Å². The molecule has 5 nitrogen and oxygen atoms in total. The Morgan fingerprint density at radius 3 is 2.61 bits per heavy atom. The van der Waals surface area contributed by atoms with Crippen LogP contribution in [0.15, 0.2) is 36.4 Å². The number of carbonyl (C=O) groups is 2. The minimum atomic E-state index is -1.29. The molecular weight excluding hydrogens is 419 g/mol. The van der Waals surface area contributed by atoms with Crippen LogP contribution >= 0.6 is 11.6 Å². The molecule has 1 fully saturated rings. The van der Waals surface area contributed by atoms with Gasteiger partial charge in [0.25, 0.3) is 0 Å². The number of aryl methyl sites for hydroxylation is 1. The molecule has 2 aromatic carbocycles. The molecule has 2 aliphatic rings. The first-order valence-corrected chi connectivity index (χ1v) is 10.7. The standard InChI is InChI=1S/C24H26ClFN2O3/c1-12-8-9-14-16(10-12)27-22(31)24(14)17(11-23(2,3)4)28-20(21(29)30)18(24)13-6-5-7-15(25)19(13)26/h5-10,17-18,20,28H,11H2,1-4H3,(H,27,31)(H,29,30). The van der Waals surface area contributed by atoms with Gasteiger partial charge < -0.3 is 10.4 Å². The largest absolute Gasteiger partial charge is 0.480 e. The van der Waals surface area contributed by atoms with Gasteiger partial charge in [0.05, 0.1) is 5.02 Å².